The first-order valence-electron chi connectivity index (χ1n) is 6.25. The molecular formula is C14H22N2. The fraction of sp³-hybridized carbons (Fsp3) is 0.571. The Morgan fingerprint density at radius 3 is 2.81 bits per heavy atom. The zero-order chi connectivity index (χ0) is 11.5. The molecule has 0 aliphatic carbocycles. The Labute approximate surface area is 98.4 Å². The van der Waals surface area contributed by atoms with Crippen molar-refractivity contribution in [1.29, 1.82) is 0 Å². The zero-order valence-electron chi connectivity index (χ0n) is 10.3. The molecule has 16 heavy (non-hydrogen) atoms. The fourth-order valence-corrected chi connectivity index (χ4v) is 2.56. The monoisotopic (exact) mass is 218 g/mol. The highest BCUT2D eigenvalue weighted by Gasteiger charge is 2.20. The summed E-state index contributed by atoms with van der Waals surface area (Å²) in [6.07, 6.45) is 2.28. The standard InChI is InChI=1S/C14H22N2/c1-11(2)9-13(15)10-16-8-7-12-5-3-4-6-14(12)16/h3-6,11,13H,7-10,15H2,1-2H3. The van der Waals surface area contributed by atoms with Crippen LogP contribution in [-0.4, -0.2) is 19.1 Å². The predicted molar refractivity (Wildman–Crippen MR) is 69.8 cm³/mol. The third-order valence-corrected chi connectivity index (χ3v) is 3.21. The number of fused-ring (bicyclic) bond motifs is 1. The largest absolute Gasteiger partial charge is 0.369 e. The van der Waals surface area contributed by atoms with Crippen LogP contribution in [0.2, 0.25) is 0 Å². The minimum Gasteiger partial charge on any atom is -0.369 e. The van der Waals surface area contributed by atoms with Crippen molar-refractivity contribution in [3.63, 3.8) is 0 Å². The Morgan fingerprint density at radius 1 is 1.31 bits per heavy atom. The lowest BCUT2D eigenvalue weighted by molar-refractivity contribution is 0.491. The molecule has 1 aromatic rings. The van der Waals surface area contributed by atoms with Crippen LogP contribution in [0.1, 0.15) is 25.8 Å². The van der Waals surface area contributed by atoms with E-state index in [1.54, 1.807) is 0 Å². The molecule has 0 spiro atoms. The molecule has 1 aliphatic rings. The average molecular weight is 218 g/mol. The van der Waals surface area contributed by atoms with Crippen molar-refractivity contribution < 1.29 is 0 Å². The van der Waals surface area contributed by atoms with Crippen LogP contribution >= 0.6 is 0 Å². The van der Waals surface area contributed by atoms with Crippen molar-refractivity contribution in [1.82, 2.24) is 0 Å². The van der Waals surface area contributed by atoms with Gasteiger partial charge in [0.15, 0.2) is 0 Å². The van der Waals surface area contributed by atoms with E-state index in [1.165, 1.54) is 17.7 Å². The SMILES string of the molecule is CC(C)CC(N)CN1CCc2ccccc21. The van der Waals surface area contributed by atoms with Gasteiger partial charge in [0.25, 0.3) is 0 Å². The van der Waals surface area contributed by atoms with Crippen molar-refractivity contribution >= 4 is 5.69 Å². The minimum atomic E-state index is 0.297. The first-order valence-corrected chi connectivity index (χ1v) is 6.25. The number of rotatable bonds is 4. The van der Waals surface area contributed by atoms with E-state index in [0.29, 0.717) is 12.0 Å². The zero-order valence-corrected chi connectivity index (χ0v) is 10.3. The molecule has 0 amide bonds. The Hall–Kier alpha value is -1.02. The van der Waals surface area contributed by atoms with Crippen LogP contribution < -0.4 is 10.6 Å². The maximum absolute atomic E-state index is 6.17. The summed E-state index contributed by atoms with van der Waals surface area (Å²) in [5.74, 6) is 0.688. The molecule has 2 rings (SSSR count). The summed E-state index contributed by atoms with van der Waals surface area (Å²) in [6, 6.07) is 8.97. The Kier molecular flexibility index (Phi) is 3.49. The Bertz CT molecular complexity index is 346. The van der Waals surface area contributed by atoms with E-state index in [4.69, 9.17) is 5.73 Å². The summed E-state index contributed by atoms with van der Waals surface area (Å²) in [4.78, 5) is 2.43. The number of anilines is 1. The molecule has 0 saturated heterocycles. The summed E-state index contributed by atoms with van der Waals surface area (Å²) < 4.78 is 0. The van der Waals surface area contributed by atoms with Gasteiger partial charge >= 0.3 is 0 Å². The van der Waals surface area contributed by atoms with E-state index in [0.717, 1.165) is 19.5 Å². The van der Waals surface area contributed by atoms with Crippen LogP contribution in [0.5, 0.6) is 0 Å². The molecule has 1 unspecified atom stereocenters. The van der Waals surface area contributed by atoms with Gasteiger partial charge in [0.1, 0.15) is 0 Å². The van der Waals surface area contributed by atoms with Gasteiger partial charge in [0.05, 0.1) is 0 Å². The second-order valence-corrected chi connectivity index (χ2v) is 5.21. The lowest BCUT2D eigenvalue weighted by Crippen LogP contribution is -2.37. The van der Waals surface area contributed by atoms with E-state index in [9.17, 15) is 0 Å². The molecule has 88 valence electrons. The smallest absolute Gasteiger partial charge is 0.0400 e. The predicted octanol–water partition coefficient (Wildman–Crippen LogP) is 2.42. The first kappa shape index (κ1) is 11.5. The highest BCUT2D eigenvalue weighted by molar-refractivity contribution is 5.57. The number of nitrogens with two attached hydrogens (primary N) is 1. The maximum atomic E-state index is 6.17. The van der Waals surface area contributed by atoms with Crippen molar-refractivity contribution in [3.8, 4) is 0 Å². The van der Waals surface area contributed by atoms with Gasteiger partial charge in [-0.05, 0) is 30.4 Å². The molecule has 0 bridgehead atoms. The second kappa shape index (κ2) is 4.88. The minimum absolute atomic E-state index is 0.297. The van der Waals surface area contributed by atoms with Crippen LogP contribution in [0.25, 0.3) is 0 Å². The van der Waals surface area contributed by atoms with E-state index in [1.807, 2.05) is 0 Å². The van der Waals surface area contributed by atoms with Crippen LogP contribution in [0.15, 0.2) is 24.3 Å². The van der Waals surface area contributed by atoms with Crippen molar-refractivity contribution in [2.24, 2.45) is 11.7 Å². The Morgan fingerprint density at radius 2 is 2.06 bits per heavy atom. The van der Waals surface area contributed by atoms with Gasteiger partial charge in [0, 0.05) is 24.8 Å². The second-order valence-electron chi connectivity index (χ2n) is 5.21. The van der Waals surface area contributed by atoms with Crippen LogP contribution in [0.4, 0.5) is 5.69 Å². The molecule has 1 heterocycles. The number of para-hydroxylation sites is 1. The first-order chi connectivity index (χ1) is 7.66. The normalized spacial score (nSPS) is 16.6. The van der Waals surface area contributed by atoms with Gasteiger partial charge in [-0.2, -0.15) is 0 Å². The topological polar surface area (TPSA) is 29.3 Å². The molecule has 0 aromatic heterocycles. The maximum Gasteiger partial charge on any atom is 0.0400 e. The van der Waals surface area contributed by atoms with Gasteiger partial charge in [0.2, 0.25) is 0 Å². The van der Waals surface area contributed by atoms with Crippen LogP contribution in [0, 0.1) is 5.92 Å². The lowest BCUT2D eigenvalue weighted by Gasteiger charge is -2.24. The molecule has 0 radical (unpaired) electrons. The van der Waals surface area contributed by atoms with Crippen molar-refractivity contribution in [2.45, 2.75) is 32.7 Å². The van der Waals surface area contributed by atoms with E-state index < -0.39 is 0 Å². The number of hydrogen-bond donors (Lipinski definition) is 1. The summed E-state index contributed by atoms with van der Waals surface area (Å²) in [6.45, 7) is 6.59. The Balaban J connectivity index is 1.98. The molecule has 0 fully saturated rings. The van der Waals surface area contributed by atoms with Gasteiger partial charge in [-0.15, -0.1) is 0 Å². The van der Waals surface area contributed by atoms with Gasteiger partial charge in [-0.25, -0.2) is 0 Å². The third-order valence-electron chi connectivity index (χ3n) is 3.21. The van der Waals surface area contributed by atoms with Crippen LogP contribution in [-0.2, 0) is 6.42 Å². The van der Waals surface area contributed by atoms with Crippen LogP contribution in [0.3, 0.4) is 0 Å². The number of benzene rings is 1. The average Bonchev–Trinajstić information content (AvgIpc) is 2.61. The molecular weight excluding hydrogens is 196 g/mol. The summed E-state index contributed by atoms with van der Waals surface area (Å²) in [7, 11) is 0. The summed E-state index contributed by atoms with van der Waals surface area (Å²) in [5.41, 5.74) is 9.03. The molecule has 1 atom stereocenters. The molecule has 1 aliphatic heterocycles. The van der Waals surface area contributed by atoms with E-state index in [2.05, 4.69) is 43.0 Å². The molecule has 2 nitrogen and oxygen atoms in total. The quantitative estimate of drug-likeness (QED) is 0.841. The fourth-order valence-electron chi connectivity index (χ4n) is 2.56. The number of nitrogens with zero attached hydrogens (tertiary/aromatic N) is 1. The molecule has 0 saturated carbocycles. The molecule has 2 heteroatoms. The summed E-state index contributed by atoms with van der Waals surface area (Å²) >= 11 is 0. The third kappa shape index (κ3) is 2.56. The van der Waals surface area contributed by atoms with Crippen molar-refractivity contribution in [3.05, 3.63) is 29.8 Å². The van der Waals surface area contributed by atoms with Gasteiger partial charge in [-0.3, -0.25) is 0 Å². The van der Waals surface area contributed by atoms with Gasteiger partial charge < -0.3 is 10.6 Å². The molecule has 2 N–H and O–H groups in total. The highest BCUT2D eigenvalue weighted by atomic mass is 15.2. The number of hydrogen-bond acceptors (Lipinski definition) is 2. The highest BCUT2D eigenvalue weighted by Crippen LogP contribution is 2.27. The van der Waals surface area contributed by atoms with E-state index >= 15 is 0 Å². The van der Waals surface area contributed by atoms with Gasteiger partial charge in [-0.1, -0.05) is 32.0 Å². The van der Waals surface area contributed by atoms with Crippen molar-refractivity contribution in [2.75, 3.05) is 18.0 Å². The molecule has 1 aromatic carbocycles. The lowest BCUT2D eigenvalue weighted by atomic mass is 10.0. The van der Waals surface area contributed by atoms with E-state index in [-0.39, 0.29) is 0 Å². The summed E-state index contributed by atoms with van der Waals surface area (Å²) in [5, 5.41) is 0.